The lowest BCUT2D eigenvalue weighted by molar-refractivity contribution is 0.102. The molecule has 0 radical (unpaired) electrons. The molecule has 41 heavy (non-hydrogen) atoms. The number of carbonyl (C=O) groups excluding carboxylic acids is 1. The zero-order valence-electron chi connectivity index (χ0n) is 22.3. The average Bonchev–Trinajstić information content (AvgIpc) is 2.89. The van der Waals surface area contributed by atoms with Crippen molar-refractivity contribution < 1.29 is 20.1 Å². The lowest BCUT2D eigenvalue weighted by Gasteiger charge is -2.37. The number of hydrogen-bond donors (Lipinski definition) is 9. The Morgan fingerprint density at radius 3 is 1.83 bits per heavy atom. The smallest absolute Gasteiger partial charge is 0.259 e. The number of aromatic nitrogens is 3. The number of benzene rings is 2. The molecule has 3 aromatic rings. The van der Waals surface area contributed by atoms with Crippen LogP contribution < -0.4 is 43.4 Å². The van der Waals surface area contributed by atoms with E-state index in [-0.39, 0.29) is 52.9 Å². The highest BCUT2D eigenvalue weighted by atomic mass is 16.3. The molecule has 2 aliphatic rings. The van der Waals surface area contributed by atoms with Crippen molar-refractivity contribution in [3.8, 4) is 17.2 Å². The molecule has 2 aliphatic heterocycles. The molecule has 13 N–H and O–H groups in total. The van der Waals surface area contributed by atoms with E-state index in [4.69, 9.17) is 27.9 Å². The monoisotopic (exact) mass is 565 g/mol. The Morgan fingerprint density at radius 1 is 0.756 bits per heavy atom. The quantitative estimate of drug-likeness (QED) is 0.174. The van der Waals surface area contributed by atoms with Gasteiger partial charge in [-0.25, -0.2) is 0 Å². The molecule has 0 saturated carbocycles. The van der Waals surface area contributed by atoms with E-state index in [0.29, 0.717) is 56.6 Å². The Kier molecular flexibility index (Phi) is 7.94. The highest BCUT2D eigenvalue weighted by Crippen LogP contribution is 2.31. The number of amides is 1. The van der Waals surface area contributed by atoms with Crippen LogP contribution in [0.5, 0.6) is 17.2 Å². The van der Waals surface area contributed by atoms with Gasteiger partial charge in [0.25, 0.3) is 5.91 Å². The first-order valence-electron chi connectivity index (χ1n) is 13.3. The Hall–Kier alpha value is -4.44. The van der Waals surface area contributed by atoms with E-state index < -0.39 is 11.7 Å². The van der Waals surface area contributed by atoms with Gasteiger partial charge in [-0.05, 0) is 37.1 Å². The van der Waals surface area contributed by atoms with Crippen molar-refractivity contribution >= 4 is 35.1 Å². The summed E-state index contributed by atoms with van der Waals surface area (Å²) in [6.07, 6.45) is 1.40. The van der Waals surface area contributed by atoms with Crippen LogP contribution in [0, 0.1) is 0 Å². The van der Waals surface area contributed by atoms with Crippen LogP contribution in [0.3, 0.4) is 0 Å². The van der Waals surface area contributed by atoms with Gasteiger partial charge < -0.3 is 58.7 Å². The number of phenols is 3. The third-order valence-corrected chi connectivity index (χ3v) is 6.94. The molecule has 218 valence electrons. The Bertz CT molecular complexity index is 1360. The molecule has 0 aliphatic carbocycles. The predicted octanol–water partition coefficient (Wildman–Crippen LogP) is -0.286. The molecule has 5 rings (SSSR count). The third-order valence-electron chi connectivity index (χ3n) is 6.94. The topological polar surface area (TPSA) is 251 Å². The maximum Gasteiger partial charge on any atom is 0.259 e. The lowest BCUT2D eigenvalue weighted by atomic mass is 10.0. The zero-order valence-corrected chi connectivity index (χ0v) is 22.3. The number of aromatic hydroxyl groups is 3. The van der Waals surface area contributed by atoms with Crippen LogP contribution in [0.2, 0.25) is 0 Å². The van der Waals surface area contributed by atoms with E-state index in [1.54, 1.807) is 6.07 Å². The number of nitrogens with zero attached hydrogens (tertiary/aromatic N) is 5. The number of rotatable bonds is 6. The fraction of sp³-hybridized carbons (Fsp3) is 0.385. The molecule has 15 nitrogen and oxygen atoms in total. The van der Waals surface area contributed by atoms with Crippen LogP contribution in [0.25, 0.3) is 0 Å². The molecule has 1 amide bonds. The van der Waals surface area contributed by atoms with E-state index in [9.17, 15) is 20.1 Å². The number of phenolic OH excluding ortho intramolecular Hbond substituents is 3. The van der Waals surface area contributed by atoms with Crippen LogP contribution in [0.15, 0.2) is 36.4 Å². The fourth-order valence-corrected chi connectivity index (χ4v) is 5.12. The minimum atomic E-state index is -0.666. The van der Waals surface area contributed by atoms with E-state index in [2.05, 4.69) is 20.6 Å². The first-order valence-corrected chi connectivity index (χ1v) is 13.3. The summed E-state index contributed by atoms with van der Waals surface area (Å²) in [7, 11) is 0. The Balaban J connectivity index is 1.39. The van der Waals surface area contributed by atoms with Crippen molar-refractivity contribution in [3.63, 3.8) is 0 Å². The molecule has 0 spiro atoms. The van der Waals surface area contributed by atoms with Gasteiger partial charge in [-0.15, -0.1) is 0 Å². The van der Waals surface area contributed by atoms with Crippen LogP contribution >= 0.6 is 0 Å². The summed E-state index contributed by atoms with van der Waals surface area (Å²) in [4.78, 5) is 30.3. The van der Waals surface area contributed by atoms with Crippen LogP contribution in [-0.4, -0.2) is 86.5 Å². The van der Waals surface area contributed by atoms with Crippen molar-refractivity contribution in [1.82, 2.24) is 15.0 Å². The summed E-state index contributed by atoms with van der Waals surface area (Å²) in [5.41, 5.74) is 25.3. The SMILES string of the molecule is NC1CC(N)CN(c2nc(Nc3ccc(NC(=O)c4ccc(O)cc4O)c(O)c3)nc(N3CC(N)CC(N)C3)n2)C1. The maximum atomic E-state index is 12.6. The van der Waals surface area contributed by atoms with E-state index in [1.165, 1.54) is 24.3 Å². The summed E-state index contributed by atoms with van der Waals surface area (Å²) >= 11 is 0. The summed E-state index contributed by atoms with van der Waals surface area (Å²) in [6.45, 7) is 2.12. The normalized spacial score (nSPS) is 22.8. The fourth-order valence-electron chi connectivity index (χ4n) is 5.12. The van der Waals surface area contributed by atoms with Crippen molar-refractivity contribution in [1.29, 1.82) is 0 Å². The number of anilines is 5. The third kappa shape index (κ3) is 6.66. The Labute approximate surface area is 236 Å². The highest BCUT2D eigenvalue weighted by molar-refractivity contribution is 6.07. The molecule has 2 saturated heterocycles. The van der Waals surface area contributed by atoms with Gasteiger partial charge in [0.15, 0.2) is 0 Å². The molecule has 2 aromatic carbocycles. The van der Waals surface area contributed by atoms with E-state index >= 15 is 0 Å². The van der Waals surface area contributed by atoms with Gasteiger partial charge >= 0.3 is 0 Å². The van der Waals surface area contributed by atoms with E-state index in [0.717, 1.165) is 6.07 Å². The molecular weight excluding hydrogens is 530 g/mol. The van der Waals surface area contributed by atoms with Crippen molar-refractivity contribution in [2.75, 3.05) is 46.6 Å². The largest absolute Gasteiger partial charge is 0.508 e. The minimum Gasteiger partial charge on any atom is -0.508 e. The number of nitrogens with two attached hydrogens (primary N) is 4. The van der Waals surface area contributed by atoms with Crippen LogP contribution in [-0.2, 0) is 0 Å². The summed E-state index contributed by atoms with van der Waals surface area (Å²) in [5.74, 6) is -0.462. The second kappa shape index (κ2) is 11.6. The van der Waals surface area contributed by atoms with Crippen LogP contribution in [0.1, 0.15) is 23.2 Å². The molecule has 1 aromatic heterocycles. The Morgan fingerprint density at radius 2 is 1.32 bits per heavy atom. The van der Waals surface area contributed by atoms with Gasteiger partial charge in [-0.3, -0.25) is 4.79 Å². The maximum absolute atomic E-state index is 12.6. The van der Waals surface area contributed by atoms with Gasteiger partial charge in [-0.2, -0.15) is 15.0 Å². The van der Waals surface area contributed by atoms with Gasteiger partial charge in [0.1, 0.15) is 17.2 Å². The average molecular weight is 566 g/mol. The molecule has 15 heteroatoms. The molecule has 4 atom stereocenters. The molecular formula is C26H35N11O4. The van der Waals surface area contributed by atoms with Crippen molar-refractivity contribution in [2.45, 2.75) is 37.0 Å². The summed E-state index contributed by atoms with van der Waals surface area (Å²) in [6, 6.07) is 7.58. The predicted molar refractivity (Wildman–Crippen MR) is 155 cm³/mol. The van der Waals surface area contributed by atoms with Gasteiger partial charge in [0.2, 0.25) is 17.8 Å². The highest BCUT2D eigenvalue weighted by Gasteiger charge is 2.29. The molecule has 4 unspecified atom stereocenters. The van der Waals surface area contributed by atoms with E-state index in [1.807, 2.05) is 9.80 Å². The minimum absolute atomic E-state index is 0.0658. The van der Waals surface area contributed by atoms with Crippen molar-refractivity contribution in [2.24, 2.45) is 22.9 Å². The number of nitrogens with one attached hydrogen (secondary N) is 2. The molecule has 0 bridgehead atoms. The first kappa shape index (κ1) is 28.1. The second-order valence-electron chi connectivity index (χ2n) is 10.6. The standard InChI is InChI=1S/C26H35N11O4/c27-13-5-14(28)10-36(9-13)25-33-24(34-26(35-25)37-11-15(29)6-16(30)12-37)31-17-1-4-20(22(40)7-17)32-23(41)19-3-2-18(38)8-21(19)39/h1-4,7-8,13-16,38-40H,5-6,9-12,27-30H2,(H,32,41)(H,31,33,34,35). The van der Waals surface area contributed by atoms with Gasteiger partial charge in [0.05, 0.1) is 11.3 Å². The van der Waals surface area contributed by atoms with Crippen LogP contribution in [0.4, 0.5) is 29.2 Å². The second-order valence-corrected chi connectivity index (χ2v) is 10.6. The zero-order chi connectivity index (χ0) is 29.3. The summed E-state index contributed by atoms with van der Waals surface area (Å²) < 4.78 is 0. The van der Waals surface area contributed by atoms with Crippen molar-refractivity contribution in [3.05, 3.63) is 42.0 Å². The first-order chi connectivity index (χ1) is 19.5. The molecule has 3 heterocycles. The lowest BCUT2D eigenvalue weighted by Crippen LogP contribution is -2.54. The summed E-state index contributed by atoms with van der Waals surface area (Å²) in [5, 5.41) is 35.7. The number of hydrogen-bond acceptors (Lipinski definition) is 14. The van der Waals surface area contributed by atoms with Gasteiger partial charge in [-0.1, -0.05) is 0 Å². The molecule has 2 fully saturated rings. The van der Waals surface area contributed by atoms with Gasteiger partial charge in [0, 0.05) is 68.2 Å². The number of carbonyl (C=O) groups is 1. The number of piperidine rings is 2.